The lowest BCUT2D eigenvalue weighted by molar-refractivity contribution is 0.735. The van der Waals surface area contributed by atoms with Gasteiger partial charge in [-0.3, -0.25) is 0 Å². The van der Waals surface area contributed by atoms with E-state index in [9.17, 15) is 0 Å². The summed E-state index contributed by atoms with van der Waals surface area (Å²) in [6.45, 7) is 1.69. The predicted molar refractivity (Wildman–Crippen MR) is 97.3 cm³/mol. The van der Waals surface area contributed by atoms with Gasteiger partial charge in [0.15, 0.2) is 0 Å². The first kappa shape index (κ1) is 19.3. The van der Waals surface area contributed by atoms with Crippen molar-refractivity contribution < 1.29 is 0 Å². The zero-order chi connectivity index (χ0) is 14.0. The maximum atomic E-state index is 4.52. The zero-order valence-electron chi connectivity index (χ0n) is 11.3. The Kier molecular flexibility index (Phi) is 18.6. The van der Waals surface area contributed by atoms with Crippen LogP contribution >= 0.6 is 48.0 Å². The summed E-state index contributed by atoms with van der Waals surface area (Å²) < 4.78 is 0. The molecule has 0 radical (unpaired) electrons. The highest BCUT2D eigenvalue weighted by atomic mass is 32.2. The van der Waals surface area contributed by atoms with E-state index in [1.165, 1.54) is 42.3 Å². The van der Waals surface area contributed by atoms with Gasteiger partial charge in [0, 0.05) is 18.2 Å². The summed E-state index contributed by atoms with van der Waals surface area (Å²) in [6.07, 6.45) is 7.35. The summed E-state index contributed by atoms with van der Waals surface area (Å²) in [4.78, 5) is 7.81. The van der Waals surface area contributed by atoms with Gasteiger partial charge in [0.25, 0.3) is 0 Å². The average Bonchev–Trinajstić information content (AvgIpc) is 2.43. The van der Waals surface area contributed by atoms with Crippen molar-refractivity contribution in [2.45, 2.75) is 38.5 Å². The molecule has 0 amide bonds. The van der Waals surface area contributed by atoms with Gasteiger partial charge in [-0.2, -0.15) is 23.5 Å². The molecule has 2 nitrogen and oxygen atoms in total. The average molecular weight is 335 g/mol. The fourth-order valence-electron chi connectivity index (χ4n) is 1.41. The first-order valence-corrected chi connectivity index (χ1v) is 9.77. The number of unbranched alkanes of at least 4 members (excludes halogenated alkanes) is 4. The van der Waals surface area contributed by atoms with E-state index in [1.807, 2.05) is 23.5 Å². The molecule has 0 aromatic heterocycles. The van der Waals surface area contributed by atoms with Gasteiger partial charge in [0.2, 0.25) is 0 Å². The summed E-state index contributed by atoms with van der Waals surface area (Å²) in [6, 6.07) is 0. The molecule has 0 saturated heterocycles. The first-order chi connectivity index (χ1) is 9.41. The fourth-order valence-corrected chi connectivity index (χ4v) is 3.82. The van der Waals surface area contributed by atoms with Crippen molar-refractivity contribution in [2.75, 3.05) is 29.7 Å². The highest BCUT2D eigenvalue weighted by molar-refractivity contribution is 8.15. The minimum Gasteiger partial charge on any atom is -0.233 e. The van der Waals surface area contributed by atoms with Crippen molar-refractivity contribution in [1.29, 1.82) is 0 Å². The molecule has 0 heterocycles. The second kappa shape index (κ2) is 18.3. The SMILES string of the molecule is S=C=NCCCCCSCSCCCCCN=C=S. The Labute approximate surface area is 136 Å². The predicted octanol–water partition coefficient (Wildman–Crippen LogP) is 4.96. The molecule has 0 spiro atoms. The van der Waals surface area contributed by atoms with Crippen LogP contribution in [0.3, 0.4) is 0 Å². The molecule has 0 aliphatic rings. The lowest BCUT2D eigenvalue weighted by Gasteiger charge is -2.02. The Morgan fingerprint density at radius 1 is 0.684 bits per heavy atom. The van der Waals surface area contributed by atoms with Crippen LogP contribution in [0.2, 0.25) is 0 Å². The lowest BCUT2D eigenvalue weighted by Crippen LogP contribution is -1.87. The molecule has 0 rings (SSSR count). The van der Waals surface area contributed by atoms with Gasteiger partial charge < -0.3 is 0 Å². The smallest absolute Gasteiger partial charge is 0.0584 e. The van der Waals surface area contributed by atoms with Crippen molar-refractivity contribution >= 4 is 58.3 Å². The molecule has 6 heteroatoms. The number of rotatable bonds is 14. The van der Waals surface area contributed by atoms with Gasteiger partial charge in [0.1, 0.15) is 0 Å². The molecule has 0 saturated carbocycles. The Balaban J connectivity index is 2.98. The van der Waals surface area contributed by atoms with E-state index in [2.05, 4.69) is 44.7 Å². The van der Waals surface area contributed by atoms with E-state index >= 15 is 0 Å². The van der Waals surface area contributed by atoms with Crippen molar-refractivity contribution in [2.24, 2.45) is 9.98 Å². The standard InChI is InChI=1S/C13H22N2S4/c16-11-14-7-3-1-5-9-18-13-19-10-6-2-4-8-15-12-17/h1-10,13H2. The van der Waals surface area contributed by atoms with Crippen molar-refractivity contribution in [3.8, 4) is 0 Å². The van der Waals surface area contributed by atoms with E-state index in [0.717, 1.165) is 25.9 Å². The molecule has 0 bridgehead atoms. The Hall–Kier alpha value is 0.300. The number of hydrogen-bond acceptors (Lipinski definition) is 6. The molecule has 19 heavy (non-hydrogen) atoms. The maximum absolute atomic E-state index is 4.52. The topological polar surface area (TPSA) is 24.7 Å². The molecule has 0 atom stereocenters. The molecule has 0 aromatic carbocycles. The largest absolute Gasteiger partial charge is 0.233 e. The van der Waals surface area contributed by atoms with Crippen molar-refractivity contribution in [1.82, 2.24) is 0 Å². The molecular formula is C13H22N2S4. The quantitative estimate of drug-likeness (QED) is 0.194. The highest BCUT2D eigenvalue weighted by Gasteiger charge is 1.93. The molecular weight excluding hydrogens is 312 g/mol. The number of isothiocyanates is 2. The third-order valence-corrected chi connectivity index (χ3v) is 5.16. The van der Waals surface area contributed by atoms with Crippen molar-refractivity contribution in [3.63, 3.8) is 0 Å². The number of hydrogen-bond donors (Lipinski definition) is 0. The Morgan fingerprint density at radius 2 is 1.16 bits per heavy atom. The fraction of sp³-hybridized carbons (Fsp3) is 0.846. The number of thioether (sulfide) groups is 2. The van der Waals surface area contributed by atoms with E-state index in [0.29, 0.717) is 0 Å². The van der Waals surface area contributed by atoms with Crippen LogP contribution in [0.5, 0.6) is 0 Å². The zero-order valence-corrected chi connectivity index (χ0v) is 14.6. The summed E-state index contributed by atoms with van der Waals surface area (Å²) in [7, 11) is 0. The van der Waals surface area contributed by atoms with Crippen LogP contribution in [0.15, 0.2) is 9.98 Å². The van der Waals surface area contributed by atoms with Gasteiger partial charge >= 0.3 is 0 Å². The number of aliphatic imine (C=N–C) groups is 2. The van der Waals surface area contributed by atoms with Gasteiger partial charge in [-0.15, -0.1) is 0 Å². The summed E-state index contributed by atoms with van der Waals surface area (Å²) in [5.74, 6) is 2.52. The number of nitrogens with zero attached hydrogens (tertiary/aromatic N) is 2. The minimum atomic E-state index is 0.843. The maximum Gasteiger partial charge on any atom is 0.0584 e. The van der Waals surface area contributed by atoms with Crippen LogP contribution < -0.4 is 0 Å². The van der Waals surface area contributed by atoms with E-state index in [1.54, 1.807) is 0 Å². The monoisotopic (exact) mass is 334 g/mol. The summed E-state index contributed by atoms with van der Waals surface area (Å²) in [5, 5.41) is 6.02. The summed E-state index contributed by atoms with van der Waals surface area (Å²) >= 11 is 13.1. The van der Waals surface area contributed by atoms with E-state index < -0.39 is 0 Å². The number of thiocarbonyl (C=S) groups is 2. The molecule has 0 aliphatic heterocycles. The van der Waals surface area contributed by atoms with Crippen molar-refractivity contribution in [3.05, 3.63) is 0 Å². The lowest BCUT2D eigenvalue weighted by atomic mass is 10.2. The second-order valence-corrected chi connectivity index (χ2v) is 6.94. The molecule has 0 fully saturated rings. The van der Waals surface area contributed by atoms with Crippen LogP contribution in [-0.4, -0.2) is 40.0 Å². The third kappa shape index (κ3) is 18.3. The van der Waals surface area contributed by atoms with Gasteiger partial charge in [-0.1, -0.05) is 12.8 Å². The highest BCUT2D eigenvalue weighted by Crippen LogP contribution is 2.16. The molecule has 0 unspecified atom stereocenters. The molecule has 108 valence electrons. The van der Waals surface area contributed by atoms with Crippen LogP contribution in [0.1, 0.15) is 38.5 Å². The van der Waals surface area contributed by atoms with Gasteiger partial charge in [-0.25, -0.2) is 9.98 Å². The second-order valence-electron chi connectivity index (χ2n) is 4.00. The first-order valence-electron chi connectivity index (χ1n) is 6.64. The molecule has 0 aromatic rings. The van der Waals surface area contributed by atoms with E-state index in [-0.39, 0.29) is 0 Å². The third-order valence-electron chi connectivity index (χ3n) is 2.41. The summed E-state index contributed by atoms with van der Waals surface area (Å²) in [5.41, 5.74) is 0. The van der Waals surface area contributed by atoms with Gasteiger partial charge in [-0.05, 0) is 61.6 Å². The van der Waals surface area contributed by atoms with Crippen LogP contribution in [0.25, 0.3) is 0 Å². The van der Waals surface area contributed by atoms with Crippen LogP contribution in [-0.2, 0) is 0 Å². The minimum absolute atomic E-state index is 0.843. The van der Waals surface area contributed by atoms with Crippen LogP contribution in [0.4, 0.5) is 0 Å². The Bertz CT molecular complexity index is 256. The van der Waals surface area contributed by atoms with Gasteiger partial charge in [0.05, 0.1) is 10.3 Å². The Morgan fingerprint density at radius 3 is 1.58 bits per heavy atom. The molecule has 0 N–H and O–H groups in total. The van der Waals surface area contributed by atoms with E-state index in [4.69, 9.17) is 0 Å². The normalized spacial score (nSPS) is 9.68. The van der Waals surface area contributed by atoms with Crippen LogP contribution in [0, 0.1) is 0 Å². The molecule has 0 aliphatic carbocycles.